The third-order valence-electron chi connectivity index (χ3n) is 6.25. The topological polar surface area (TPSA) is 74.4 Å². The van der Waals surface area contributed by atoms with E-state index in [1.807, 2.05) is 50.2 Å². The molecule has 0 bridgehead atoms. The summed E-state index contributed by atoms with van der Waals surface area (Å²) in [4.78, 5) is 31.4. The minimum Gasteiger partial charge on any atom is -0.454 e. The summed E-state index contributed by atoms with van der Waals surface area (Å²) in [6.45, 7) is 8.44. The zero-order chi connectivity index (χ0) is 23.4. The average Bonchev–Trinajstić information content (AvgIpc) is 3.28. The van der Waals surface area contributed by atoms with Gasteiger partial charge in [0.15, 0.2) is 11.5 Å². The molecule has 8 nitrogen and oxygen atoms in total. The standard InChI is InChI=1S/C25H32N4O4/c1-18-4-7-21(8-5-18)26-24(30)16-27(3)25(31)19(2)29-12-10-28(11-13-29)15-20-6-9-22-23(14-20)33-17-32-22/h4-9,14,19H,10-13,15-17H2,1-3H3,(H,26,30)/t19-/m0/s1. The van der Waals surface area contributed by atoms with Crippen LogP contribution >= 0.6 is 0 Å². The second kappa shape index (κ2) is 10.2. The number of nitrogens with one attached hydrogen (secondary N) is 1. The van der Waals surface area contributed by atoms with Crippen molar-refractivity contribution in [2.45, 2.75) is 26.4 Å². The predicted octanol–water partition coefficient (Wildman–Crippen LogP) is 2.33. The number of likely N-dealkylation sites (N-methyl/N-ethyl adjacent to an activating group) is 1. The van der Waals surface area contributed by atoms with E-state index >= 15 is 0 Å². The van der Waals surface area contributed by atoms with Crippen LogP contribution in [0.2, 0.25) is 0 Å². The van der Waals surface area contributed by atoms with Crippen LogP contribution < -0.4 is 14.8 Å². The number of piperazine rings is 1. The Morgan fingerprint density at radius 3 is 2.45 bits per heavy atom. The molecule has 0 spiro atoms. The lowest BCUT2D eigenvalue weighted by Gasteiger charge is -2.38. The number of carbonyl (C=O) groups is 2. The highest BCUT2D eigenvalue weighted by Gasteiger charge is 2.28. The first-order valence-electron chi connectivity index (χ1n) is 11.4. The average molecular weight is 453 g/mol. The molecule has 2 aromatic carbocycles. The van der Waals surface area contributed by atoms with Gasteiger partial charge in [-0.25, -0.2) is 0 Å². The lowest BCUT2D eigenvalue weighted by atomic mass is 10.1. The Kier molecular flexibility index (Phi) is 7.15. The minimum absolute atomic E-state index is 0.0289. The number of aryl methyl sites for hydroxylation is 1. The molecule has 1 fully saturated rings. The molecule has 8 heteroatoms. The van der Waals surface area contributed by atoms with Gasteiger partial charge < -0.3 is 19.7 Å². The monoisotopic (exact) mass is 452 g/mol. The molecule has 176 valence electrons. The first-order valence-corrected chi connectivity index (χ1v) is 11.4. The van der Waals surface area contributed by atoms with Crippen LogP contribution in [0, 0.1) is 6.92 Å². The Balaban J connectivity index is 1.22. The number of fused-ring (bicyclic) bond motifs is 1. The number of carbonyl (C=O) groups excluding carboxylic acids is 2. The Morgan fingerprint density at radius 2 is 1.73 bits per heavy atom. The summed E-state index contributed by atoms with van der Waals surface area (Å²) >= 11 is 0. The van der Waals surface area contributed by atoms with Crippen LogP contribution in [-0.4, -0.2) is 79.1 Å². The highest BCUT2D eigenvalue weighted by Crippen LogP contribution is 2.32. The van der Waals surface area contributed by atoms with Crippen LogP contribution in [0.3, 0.4) is 0 Å². The van der Waals surface area contributed by atoms with E-state index in [1.165, 1.54) is 10.5 Å². The molecule has 0 saturated carbocycles. The number of amides is 2. The van der Waals surface area contributed by atoms with Crippen molar-refractivity contribution in [1.82, 2.24) is 14.7 Å². The van der Waals surface area contributed by atoms with E-state index in [2.05, 4.69) is 21.2 Å². The van der Waals surface area contributed by atoms with Crippen LogP contribution in [0.1, 0.15) is 18.1 Å². The lowest BCUT2D eigenvalue weighted by Crippen LogP contribution is -2.54. The molecule has 0 aromatic heterocycles. The summed E-state index contributed by atoms with van der Waals surface area (Å²) < 4.78 is 10.9. The summed E-state index contributed by atoms with van der Waals surface area (Å²) in [7, 11) is 1.68. The maximum absolute atomic E-state index is 12.9. The molecule has 2 aromatic rings. The van der Waals surface area contributed by atoms with Crippen molar-refractivity contribution in [2.24, 2.45) is 0 Å². The summed E-state index contributed by atoms with van der Waals surface area (Å²) in [5.41, 5.74) is 3.05. The van der Waals surface area contributed by atoms with Gasteiger partial charge in [0.05, 0.1) is 12.6 Å². The van der Waals surface area contributed by atoms with Gasteiger partial charge in [-0.05, 0) is 43.7 Å². The van der Waals surface area contributed by atoms with E-state index in [4.69, 9.17) is 9.47 Å². The van der Waals surface area contributed by atoms with Crippen LogP contribution in [0.5, 0.6) is 11.5 Å². The van der Waals surface area contributed by atoms with Crippen molar-refractivity contribution >= 4 is 17.5 Å². The van der Waals surface area contributed by atoms with Gasteiger partial charge in [0.2, 0.25) is 18.6 Å². The van der Waals surface area contributed by atoms with Gasteiger partial charge in [-0.3, -0.25) is 19.4 Å². The highest BCUT2D eigenvalue weighted by molar-refractivity contribution is 5.95. The summed E-state index contributed by atoms with van der Waals surface area (Å²) in [5.74, 6) is 1.36. The first kappa shape index (κ1) is 23.1. The number of ether oxygens (including phenoxy) is 2. The molecule has 2 amide bonds. The number of hydrogen-bond acceptors (Lipinski definition) is 6. The number of rotatable bonds is 7. The molecule has 33 heavy (non-hydrogen) atoms. The molecular formula is C25H32N4O4. The number of benzene rings is 2. The quantitative estimate of drug-likeness (QED) is 0.695. The van der Waals surface area contributed by atoms with Crippen molar-refractivity contribution in [3.63, 3.8) is 0 Å². The third kappa shape index (κ3) is 5.83. The molecule has 0 unspecified atom stereocenters. The fraction of sp³-hybridized carbons (Fsp3) is 0.440. The third-order valence-corrected chi connectivity index (χ3v) is 6.25. The molecule has 2 aliphatic heterocycles. The van der Waals surface area contributed by atoms with Crippen LogP contribution in [0.25, 0.3) is 0 Å². The number of hydrogen-bond donors (Lipinski definition) is 1. The summed E-state index contributed by atoms with van der Waals surface area (Å²) in [6, 6.07) is 13.4. The minimum atomic E-state index is -0.269. The van der Waals surface area contributed by atoms with Crippen molar-refractivity contribution in [3.05, 3.63) is 53.6 Å². The van der Waals surface area contributed by atoms with Crippen LogP contribution in [-0.2, 0) is 16.1 Å². The second-order valence-electron chi connectivity index (χ2n) is 8.78. The molecule has 1 saturated heterocycles. The molecule has 1 atom stereocenters. The molecule has 1 N–H and O–H groups in total. The Hall–Kier alpha value is -3.10. The van der Waals surface area contributed by atoms with Crippen molar-refractivity contribution in [1.29, 1.82) is 0 Å². The maximum Gasteiger partial charge on any atom is 0.243 e. The largest absolute Gasteiger partial charge is 0.454 e. The van der Waals surface area contributed by atoms with Crippen molar-refractivity contribution in [3.8, 4) is 11.5 Å². The highest BCUT2D eigenvalue weighted by atomic mass is 16.7. The van der Waals surface area contributed by atoms with Gasteiger partial charge in [-0.15, -0.1) is 0 Å². The first-order chi connectivity index (χ1) is 15.9. The summed E-state index contributed by atoms with van der Waals surface area (Å²) in [6.07, 6.45) is 0. The van der Waals surface area contributed by atoms with Gasteiger partial charge >= 0.3 is 0 Å². The second-order valence-corrected chi connectivity index (χ2v) is 8.78. The molecular weight excluding hydrogens is 420 g/mol. The Bertz CT molecular complexity index is 986. The van der Waals surface area contributed by atoms with E-state index in [-0.39, 0.29) is 31.2 Å². The maximum atomic E-state index is 12.9. The predicted molar refractivity (Wildman–Crippen MR) is 126 cm³/mol. The van der Waals surface area contributed by atoms with E-state index in [9.17, 15) is 9.59 Å². The molecule has 4 rings (SSSR count). The van der Waals surface area contributed by atoms with Crippen LogP contribution in [0.4, 0.5) is 5.69 Å². The summed E-state index contributed by atoms with van der Waals surface area (Å²) in [5, 5.41) is 2.85. The van der Waals surface area contributed by atoms with E-state index < -0.39 is 0 Å². The zero-order valence-corrected chi connectivity index (χ0v) is 19.5. The van der Waals surface area contributed by atoms with Gasteiger partial charge in [0.25, 0.3) is 0 Å². The van der Waals surface area contributed by atoms with Crippen molar-refractivity contribution in [2.75, 3.05) is 51.9 Å². The Morgan fingerprint density at radius 1 is 1.03 bits per heavy atom. The SMILES string of the molecule is Cc1ccc(NC(=O)CN(C)C(=O)[C@H](C)N2CCN(Cc3ccc4c(c3)OCO4)CC2)cc1. The van der Waals surface area contributed by atoms with Crippen LogP contribution in [0.15, 0.2) is 42.5 Å². The fourth-order valence-corrected chi connectivity index (χ4v) is 4.21. The fourth-order valence-electron chi connectivity index (χ4n) is 4.21. The van der Waals surface area contributed by atoms with E-state index in [1.54, 1.807) is 7.05 Å². The normalized spacial score (nSPS) is 16.9. The van der Waals surface area contributed by atoms with Gasteiger partial charge in [-0.2, -0.15) is 0 Å². The smallest absolute Gasteiger partial charge is 0.243 e. The van der Waals surface area contributed by atoms with Gasteiger partial charge in [-0.1, -0.05) is 23.8 Å². The lowest BCUT2D eigenvalue weighted by molar-refractivity contribution is -0.138. The number of anilines is 1. The molecule has 0 aliphatic carbocycles. The molecule has 2 aliphatic rings. The number of nitrogens with zero attached hydrogens (tertiary/aromatic N) is 3. The molecule has 2 heterocycles. The van der Waals surface area contributed by atoms with E-state index in [0.29, 0.717) is 0 Å². The zero-order valence-electron chi connectivity index (χ0n) is 19.5. The van der Waals surface area contributed by atoms with E-state index in [0.717, 1.165) is 55.5 Å². The van der Waals surface area contributed by atoms with Crippen molar-refractivity contribution < 1.29 is 19.1 Å². The van der Waals surface area contributed by atoms with Gasteiger partial charge in [0, 0.05) is 45.5 Å². The Labute approximate surface area is 195 Å². The van der Waals surface area contributed by atoms with Gasteiger partial charge in [0.1, 0.15) is 0 Å². The molecule has 0 radical (unpaired) electrons.